The molecule has 8 rings (SSSR count). The molecule has 38 heavy (non-hydrogen) atoms. The summed E-state index contributed by atoms with van der Waals surface area (Å²) in [5.41, 5.74) is 9.76. The number of ether oxygens (including phenoxy) is 1. The average Bonchev–Trinajstić information content (AvgIpc) is 2.99. The van der Waals surface area contributed by atoms with E-state index < -0.39 is 5.41 Å². The van der Waals surface area contributed by atoms with Crippen LogP contribution in [-0.4, -0.2) is 17.0 Å². The van der Waals surface area contributed by atoms with Crippen LogP contribution in [0.5, 0.6) is 11.5 Å². The van der Waals surface area contributed by atoms with Gasteiger partial charge < -0.3 is 9.64 Å². The fourth-order valence-corrected chi connectivity index (χ4v) is 6.48. The second kappa shape index (κ2) is 7.77. The Morgan fingerprint density at radius 3 is 2.13 bits per heavy atom. The predicted molar refractivity (Wildman–Crippen MR) is 151 cm³/mol. The minimum absolute atomic E-state index is 0.511. The molecule has 1 aromatic heterocycles. The van der Waals surface area contributed by atoms with E-state index in [4.69, 9.17) is 4.74 Å². The molecule has 0 radical (unpaired) electrons. The smallest absolute Gasteiger partial charge is 0.132 e. The van der Waals surface area contributed by atoms with Crippen LogP contribution in [0.3, 0.4) is 0 Å². The number of anilines is 2. The Kier molecular flexibility index (Phi) is 4.32. The molecule has 0 aliphatic carbocycles. The van der Waals surface area contributed by atoms with Crippen LogP contribution in [0.15, 0.2) is 122 Å². The zero-order chi connectivity index (χ0) is 25.3. The zero-order valence-electron chi connectivity index (χ0n) is 20.8. The molecule has 0 saturated heterocycles. The van der Waals surface area contributed by atoms with E-state index in [-0.39, 0.29) is 0 Å². The van der Waals surface area contributed by atoms with Crippen molar-refractivity contribution in [2.45, 2.75) is 5.41 Å². The summed E-state index contributed by atoms with van der Waals surface area (Å²) in [4.78, 5) is 11.1. The van der Waals surface area contributed by atoms with E-state index in [9.17, 15) is 0 Å². The van der Waals surface area contributed by atoms with Gasteiger partial charge in [-0.25, -0.2) is 9.97 Å². The third-order valence-corrected chi connectivity index (χ3v) is 8.08. The van der Waals surface area contributed by atoms with Gasteiger partial charge in [0.25, 0.3) is 0 Å². The fourth-order valence-electron chi connectivity index (χ4n) is 6.48. The first-order chi connectivity index (χ1) is 18.8. The van der Waals surface area contributed by atoms with Gasteiger partial charge in [-0.05, 0) is 41.0 Å². The number of rotatable bonds is 1. The highest BCUT2D eigenvalue weighted by Crippen LogP contribution is 2.61. The van der Waals surface area contributed by atoms with Crippen LogP contribution in [0.4, 0.5) is 11.4 Å². The first kappa shape index (κ1) is 21.2. The van der Waals surface area contributed by atoms with Crippen molar-refractivity contribution >= 4 is 22.3 Å². The summed E-state index contributed by atoms with van der Waals surface area (Å²) >= 11 is 0. The summed E-state index contributed by atoms with van der Waals surface area (Å²) in [6.07, 6.45) is 3.47. The van der Waals surface area contributed by atoms with Gasteiger partial charge in [-0.2, -0.15) is 0 Å². The molecule has 0 N–H and O–H groups in total. The van der Waals surface area contributed by atoms with Crippen LogP contribution in [0, 0.1) is 0 Å². The Morgan fingerprint density at radius 1 is 0.658 bits per heavy atom. The minimum Gasteiger partial charge on any atom is -0.457 e. The molecule has 0 fully saturated rings. The van der Waals surface area contributed by atoms with Gasteiger partial charge in [0.05, 0.1) is 10.9 Å². The normalized spacial score (nSPS) is 14.3. The lowest BCUT2D eigenvalue weighted by molar-refractivity contribution is 0.434. The molecule has 6 aromatic rings. The number of benzene rings is 5. The quantitative estimate of drug-likeness (QED) is 0.235. The van der Waals surface area contributed by atoms with Gasteiger partial charge in [0.15, 0.2) is 0 Å². The largest absolute Gasteiger partial charge is 0.457 e. The maximum Gasteiger partial charge on any atom is 0.132 e. The summed E-state index contributed by atoms with van der Waals surface area (Å²) in [5.74, 6) is 1.74. The second-order valence-corrected chi connectivity index (χ2v) is 9.92. The van der Waals surface area contributed by atoms with Crippen molar-refractivity contribution in [3.8, 4) is 22.6 Å². The Hall–Kier alpha value is -4.96. The van der Waals surface area contributed by atoms with Crippen molar-refractivity contribution in [3.63, 3.8) is 0 Å². The molecule has 180 valence electrons. The molecule has 3 heterocycles. The third-order valence-electron chi connectivity index (χ3n) is 8.08. The summed E-state index contributed by atoms with van der Waals surface area (Å²) in [6.45, 7) is 0. The van der Waals surface area contributed by atoms with Crippen molar-refractivity contribution in [2.24, 2.45) is 0 Å². The van der Waals surface area contributed by atoms with E-state index in [2.05, 4.69) is 125 Å². The molecule has 4 nitrogen and oxygen atoms in total. The maximum absolute atomic E-state index is 6.69. The average molecular weight is 490 g/mol. The number of fused-ring (bicyclic) bond motifs is 9. The lowest BCUT2D eigenvalue weighted by Gasteiger charge is -2.47. The van der Waals surface area contributed by atoms with Gasteiger partial charge >= 0.3 is 0 Å². The summed E-state index contributed by atoms with van der Waals surface area (Å²) in [5, 5.41) is 1.02. The second-order valence-electron chi connectivity index (χ2n) is 9.92. The SMILES string of the molecule is CN1c2ccccc2C2(c3ccccc3Oc3cc(-c4cccc5cncnc45)ccc32)c2ccccc21. The van der Waals surface area contributed by atoms with Gasteiger partial charge in [0, 0.05) is 46.7 Å². The highest BCUT2D eigenvalue weighted by Gasteiger charge is 2.50. The van der Waals surface area contributed by atoms with E-state index in [1.807, 2.05) is 12.3 Å². The lowest BCUT2D eigenvalue weighted by Crippen LogP contribution is -2.39. The predicted octanol–water partition coefficient (Wildman–Crippen LogP) is 7.87. The molecular formula is C34H23N3O. The van der Waals surface area contributed by atoms with Gasteiger partial charge in [0.2, 0.25) is 0 Å². The van der Waals surface area contributed by atoms with Crippen LogP contribution < -0.4 is 9.64 Å². The number of para-hydroxylation sites is 4. The number of aromatic nitrogens is 2. The molecule has 1 spiro atoms. The Morgan fingerprint density at radius 2 is 1.34 bits per heavy atom. The molecule has 2 aliphatic heterocycles. The summed E-state index contributed by atoms with van der Waals surface area (Å²) < 4.78 is 6.69. The standard InChI is InChI=1S/C34H23N3O/c1-37-29-14-5-2-11-25(29)34(26-12-3-6-15-30(26)37)27-13-4-7-16-31(27)38-32-19-22(17-18-28(32)34)24-10-8-9-23-20-35-21-36-33(23)24/h2-21H,1H3. The van der Waals surface area contributed by atoms with Crippen LogP contribution in [0.1, 0.15) is 22.3 Å². The molecule has 0 amide bonds. The van der Waals surface area contributed by atoms with Crippen LogP contribution in [0.2, 0.25) is 0 Å². The molecule has 4 heteroatoms. The summed E-state index contributed by atoms with van der Waals surface area (Å²) in [6, 6.07) is 38.8. The van der Waals surface area contributed by atoms with Gasteiger partial charge in [0.1, 0.15) is 17.8 Å². The number of hydrogen-bond donors (Lipinski definition) is 0. The highest BCUT2D eigenvalue weighted by molar-refractivity contribution is 5.94. The van der Waals surface area contributed by atoms with Gasteiger partial charge in [-0.3, -0.25) is 0 Å². The van der Waals surface area contributed by atoms with Crippen molar-refractivity contribution in [1.82, 2.24) is 9.97 Å². The van der Waals surface area contributed by atoms with Crippen LogP contribution in [-0.2, 0) is 5.41 Å². The Labute approximate surface area is 220 Å². The zero-order valence-corrected chi connectivity index (χ0v) is 20.8. The van der Waals surface area contributed by atoms with Gasteiger partial charge in [-0.15, -0.1) is 0 Å². The third kappa shape index (κ3) is 2.69. The molecule has 0 atom stereocenters. The van der Waals surface area contributed by atoms with Crippen LogP contribution in [0.25, 0.3) is 22.0 Å². The van der Waals surface area contributed by atoms with Crippen molar-refractivity contribution in [1.29, 1.82) is 0 Å². The van der Waals surface area contributed by atoms with E-state index in [1.165, 1.54) is 22.5 Å². The highest BCUT2D eigenvalue weighted by atomic mass is 16.5. The topological polar surface area (TPSA) is 38.2 Å². The minimum atomic E-state index is -0.511. The molecule has 0 saturated carbocycles. The monoisotopic (exact) mass is 489 g/mol. The Bertz CT molecular complexity index is 1840. The van der Waals surface area contributed by atoms with E-state index >= 15 is 0 Å². The number of nitrogens with zero attached hydrogens (tertiary/aromatic N) is 3. The first-order valence-electron chi connectivity index (χ1n) is 12.8. The van der Waals surface area contributed by atoms with E-state index in [0.29, 0.717) is 0 Å². The van der Waals surface area contributed by atoms with Crippen molar-refractivity contribution in [3.05, 3.63) is 144 Å². The van der Waals surface area contributed by atoms with E-state index in [1.54, 1.807) is 6.33 Å². The molecule has 0 unspecified atom stereocenters. The van der Waals surface area contributed by atoms with Crippen LogP contribution >= 0.6 is 0 Å². The lowest BCUT2D eigenvalue weighted by atomic mass is 9.61. The Balaban J connectivity index is 1.47. The first-order valence-corrected chi connectivity index (χ1v) is 12.8. The molecule has 2 aliphatic rings. The molecule has 5 aromatic carbocycles. The number of hydrogen-bond acceptors (Lipinski definition) is 4. The molecule has 0 bridgehead atoms. The van der Waals surface area contributed by atoms with Gasteiger partial charge in [-0.1, -0.05) is 84.9 Å². The van der Waals surface area contributed by atoms with E-state index in [0.717, 1.165) is 44.7 Å². The fraction of sp³-hybridized carbons (Fsp3) is 0.0588. The summed E-state index contributed by atoms with van der Waals surface area (Å²) in [7, 11) is 2.15. The maximum atomic E-state index is 6.69. The van der Waals surface area contributed by atoms with Crippen molar-refractivity contribution in [2.75, 3.05) is 11.9 Å². The van der Waals surface area contributed by atoms with Crippen molar-refractivity contribution < 1.29 is 4.74 Å². The molecular weight excluding hydrogens is 466 g/mol.